The summed E-state index contributed by atoms with van der Waals surface area (Å²) < 4.78 is 0. The van der Waals surface area contributed by atoms with E-state index in [4.69, 9.17) is 4.99 Å². The van der Waals surface area contributed by atoms with Crippen LogP contribution in [0.15, 0.2) is 4.99 Å². The molecule has 148 valence electrons. The predicted molar refractivity (Wildman–Crippen MR) is 114 cm³/mol. The highest BCUT2D eigenvalue weighted by atomic mass is 127. The molecular formula is C18H37IN4O2. The van der Waals surface area contributed by atoms with Gasteiger partial charge in [-0.05, 0) is 26.2 Å². The number of nitrogens with one attached hydrogen (secondary N) is 2. The Labute approximate surface area is 170 Å². The first-order valence-electron chi connectivity index (χ1n) is 9.35. The van der Waals surface area contributed by atoms with Crippen LogP contribution in [0.5, 0.6) is 0 Å². The Morgan fingerprint density at radius 3 is 2.44 bits per heavy atom. The van der Waals surface area contributed by atoms with E-state index in [9.17, 15) is 9.90 Å². The van der Waals surface area contributed by atoms with Crippen molar-refractivity contribution >= 4 is 35.8 Å². The Balaban J connectivity index is 0.00000576. The average molecular weight is 468 g/mol. The van der Waals surface area contributed by atoms with Gasteiger partial charge in [0.25, 0.3) is 0 Å². The molecule has 0 aromatic carbocycles. The lowest BCUT2D eigenvalue weighted by molar-refractivity contribution is -0.133. The maximum Gasteiger partial charge on any atom is 0.225 e. The van der Waals surface area contributed by atoms with Crippen LogP contribution in [-0.2, 0) is 4.79 Å². The zero-order valence-corrected chi connectivity index (χ0v) is 18.8. The van der Waals surface area contributed by atoms with Crippen LogP contribution in [0.25, 0.3) is 0 Å². The van der Waals surface area contributed by atoms with Gasteiger partial charge in [-0.2, -0.15) is 0 Å². The van der Waals surface area contributed by atoms with Crippen molar-refractivity contribution in [3.63, 3.8) is 0 Å². The molecule has 0 aliphatic carbocycles. The topological polar surface area (TPSA) is 77.0 Å². The first-order chi connectivity index (χ1) is 11.4. The summed E-state index contributed by atoms with van der Waals surface area (Å²) in [6.07, 6.45) is 2.75. The van der Waals surface area contributed by atoms with Crippen molar-refractivity contribution in [2.24, 2.45) is 16.3 Å². The number of aliphatic hydroxyl groups excluding tert-OH is 1. The lowest BCUT2D eigenvalue weighted by Gasteiger charge is -2.28. The number of aliphatic imine (C=N–C) groups is 1. The van der Waals surface area contributed by atoms with Crippen LogP contribution < -0.4 is 10.6 Å². The quantitative estimate of drug-likeness (QED) is 0.290. The Bertz CT molecular complexity index is 417. The van der Waals surface area contributed by atoms with Crippen LogP contribution >= 0.6 is 24.0 Å². The van der Waals surface area contributed by atoms with Crippen LogP contribution in [0.3, 0.4) is 0 Å². The molecule has 1 aliphatic rings. The first kappa shape index (κ1) is 24.4. The predicted octanol–water partition coefficient (Wildman–Crippen LogP) is 2.22. The zero-order chi connectivity index (χ0) is 18.2. The van der Waals surface area contributed by atoms with Gasteiger partial charge in [-0.1, -0.05) is 27.7 Å². The van der Waals surface area contributed by atoms with Gasteiger partial charge in [0.05, 0.1) is 13.2 Å². The maximum absolute atomic E-state index is 12.1. The van der Waals surface area contributed by atoms with Crippen molar-refractivity contribution in [2.45, 2.75) is 59.9 Å². The molecule has 1 fully saturated rings. The van der Waals surface area contributed by atoms with Gasteiger partial charge >= 0.3 is 0 Å². The molecule has 1 aliphatic heterocycles. The van der Waals surface area contributed by atoms with Crippen molar-refractivity contribution in [3.8, 4) is 0 Å². The number of hydrogen-bond donors (Lipinski definition) is 3. The molecule has 1 saturated heterocycles. The third-order valence-corrected chi connectivity index (χ3v) is 5.09. The van der Waals surface area contributed by atoms with Crippen molar-refractivity contribution < 1.29 is 9.90 Å². The minimum atomic E-state index is -0.141. The van der Waals surface area contributed by atoms with Crippen LogP contribution in [0.2, 0.25) is 0 Å². The molecule has 1 rings (SSSR count). The van der Waals surface area contributed by atoms with Gasteiger partial charge in [0.1, 0.15) is 0 Å². The number of carbonyl (C=O) groups is 1. The van der Waals surface area contributed by atoms with E-state index < -0.39 is 0 Å². The van der Waals surface area contributed by atoms with Gasteiger partial charge in [0.2, 0.25) is 5.91 Å². The van der Waals surface area contributed by atoms with Crippen molar-refractivity contribution in [2.75, 3.05) is 32.8 Å². The fourth-order valence-electron chi connectivity index (χ4n) is 2.95. The van der Waals surface area contributed by atoms with Crippen molar-refractivity contribution in [3.05, 3.63) is 0 Å². The molecule has 7 heteroatoms. The number of rotatable bonds is 8. The molecule has 0 aromatic heterocycles. The Hall–Kier alpha value is -0.570. The lowest BCUT2D eigenvalue weighted by Crippen LogP contribution is -2.46. The molecule has 6 nitrogen and oxygen atoms in total. The highest BCUT2D eigenvalue weighted by Gasteiger charge is 2.29. The summed E-state index contributed by atoms with van der Waals surface area (Å²) >= 11 is 0. The molecule has 0 spiro atoms. The molecule has 1 unspecified atom stereocenters. The standard InChI is InChI=1S/C18H36N4O2.HI/c1-6-18(7-2,13-23)12-20-17(19-8-3)21-15-9-10-22(11-15)16(24)14(4)5;/h14-15,23H,6-13H2,1-5H3,(H2,19,20,21);1H. The monoisotopic (exact) mass is 468 g/mol. The average Bonchev–Trinajstić information content (AvgIpc) is 3.04. The summed E-state index contributed by atoms with van der Waals surface area (Å²) in [6.45, 7) is 13.2. The number of aliphatic hydroxyl groups is 1. The van der Waals surface area contributed by atoms with Gasteiger partial charge < -0.3 is 20.6 Å². The van der Waals surface area contributed by atoms with Crippen LogP contribution in [0.4, 0.5) is 0 Å². The number of likely N-dealkylation sites (tertiary alicyclic amines) is 1. The van der Waals surface area contributed by atoms with E-state index in [1.165, 1.54) is 0 Å². The van der Waals surface area contributed by atoms with E-state index in [2.05, 4.69) is 24.5 Å². The molecule has 3 N–H and O–H groups in total. The second-order valence-corrected chi connectivity index (χ2v) is 7.13. The molecule has 1 amide bonds. The van der Waals surface area contributed by atoms with Crippen molar-refractivity contribution in [1.29, 1.82) is 0 Å². The van der Waals surface area contributed by atoms with Crippen molar-refractivity contribution in [1.82, 2.24) is 15.5 Å². The summed E-state index contributed by atoms with van der Waals surface area (Å²) in [6, 6.07) is 0.234. The molecule has 1 atom stereocenters. The van der Waals surface area contributed by atoms with Crippen LogP contribution in [0.1, 0.15) is 53.9 Å². The van der Waals surface area contributed by atoms with E-state index in [0.29, 0.717) is 6.54 Å². The molecule has 0 radical (unpaired) electrons. The van der Waals surface area contributed by atoms with E-state index in [0.717, 1.165) is 44.9 Å². The number of hydrogen-bond acceptors (Lipinski definition) is 3. The molecule has 0 aromatic rings. The van der Waals surface area contributed by atoms with E-state index in [1.807, 2.05) is 25.7 Å². The summed E-state index contributed by atoms with van der Waals surface area (Å²) in [4.78, 5) is 18.7. The highest BCUT2D eigenvalue weighted by Crippen LogP contribution is 2.25. The number of nitrogens with zero attached hydrogens (tertiary/aromatic N) is 2. The highest BCUT2D eigenvalue weighted by molar-refractivity contribution is 14.0. The third-order valence-electron chi connectivity index (χ3n) is 5.09. The molecular weight excluding hydrogens is 431 g/mol. The smallest absolute Gasteiger partial charge is 0.225 e. The van der Waals surface area contributed by atoms with Crippen LogP contribution in [-0.4, -0.2) is 60.7 Å². The SMILES string of the molecule is CCNC(=NCC(CC)(CC)CO)NC1CCN(C(=O)C(C)C)C1.I. The van der Waals surface area contributed by atoms with Gasteiger partial charge in [-0.3, -0.25) is 9.79 Å². The normalized spacial score (nSPS) is 18.3. The molecule has 0 bridgehead atoms. The second-order valence-electron chi connectivity index (χ2n) is 7.13. The minimum Gasteiger partial charge on any atom is -0.396 e. The fourth-order valence-corrected chi connectivity index (χ4v) is 2.95. The Kier molecular flexibility index (Phi) is 11.7. The molecule has 1 heterocycles. The first-order valence-corrected chi connectivity index (χ1v) is 9.35. The summed E-state index contributed by atoms with van der Waals surface area (Å²) in [5.41, 5.74) is -0.141. The number of halogens is 1. The minimum absolute atomic E-state index is 0. The summed E-state index contributed by atoms with van der Waals surface area (Å²) in [5.74, 6) is 1.04. The fraction of sp³-hybridized carbons (Fsp3) is 0.889. The van der Waals surface area contributed by atoms with Gasteiger partial charge in [-0.15, -0.1) is 24.0 Å². The van der Waals surface area contributed by atoms with Gasteiger partial charge in [0.15, 0.2) is 5.96 Å². The zero-order valence-electron chi connectivity index (χ0n) is 16.5. The Morgan fingerprint density at radius 2 is 1.96 bits per heavy atom. The van der Waals surface area contributed by atoms with E-state index in [1.54, 1.807) is 0 Å². The largest absolute Gasteiger partial charge is 0.396 e. The lowest BCUT2D eigenvalue weighted by atomic mass is 9.83. The number of amides is 1. The third kappa shape index (κ3) is 7.29. The number of guanidine groups is 1. The number of carbonyl (C=O) groups excluding carboxylic acids is 1. The maximum atomic E-state index is 12.1. The summed E-state index contributed by atoms with van der Waals surface area (Å²) in [5, 5.41) is 16.4. The Morgan fingerprint density at radius 1 is 1.32 bits per heavy atom. The summed E-state index contributed by atoms with van der Waals surface area (Å²) in [7, 11) is 0. The van der Waals surface area contributed by atoms with E-state index >= 15 is 0 Å². The van der Waals surface area contributed by atoms with Gasteiger partial charge in [0, 0.05) is 37.0 Å². The molecule has 0 saturated carbocycles. The second kappa shape index (κ2) is 11.9. The molecule has 25 heavy (non-hydrogen) atoms. The van der Waals surface area contributed by atoms with E-state index in [-0.39, 0.29) is 53.9 Å². The van der Waals surface area contributed by atoms with Gasteiger partial charge in [-0.25, -0.2) is 0 Å². The van der Waals surface area contributed by atoms with Crippen LogP contribution in [0, 0.1) is 11.3 Å².